The zero-order valence-corrected chi connectivity index (χ0v) is 13.0. The number of rotatable bonds is 5. The first-order chi connectivity index (χ1) is 9.58. The van der Waals surface area contributed by atoms with Gasteiger partial charge in [0.05, 0.1) is 23.5 Å². The molecule has 1 N–H and O–H groups in total. The monoisotopic (exact) mass is 293 g/mol. The van der Waals surface area contributed by atoms with Crippen molar-refractivity contribution in [3.8, 4) is 11.4 Å². The van der Waals surface area contributed by atoms with Crippen LogP contribution >= 0.6 is 11.6 Å². The molecule has 2 rings (SSSR count). The molecule has 0 spiro atoms. The van der Waals surface area contributed by atoms with Crippen LogP contribution < -0.4 is 10.1 Å². The minimum Gasteiger partial charge on any atom is -0.496 e. The van der Waals surface area contributed by atoms with Crippen molar-refractivity contribution >= 4 is 11.6 Å². The quantitative estimate of drug-likeness (QED) is 0.917. The number of hydrogen-bond donors (Lipinski definition) is 1. The van der Waals surface area contributed by atoms with E-state index in [-0.39, 0.29) is 6.04 Å². The number of nitrogens with one attached hydrogen (secondary N) is 1. The number of aromatic nitrogens is 2. The smallest absolute Gasteiger partial charge is 0.125 e. The highest BCUT2D eigenvalue weighted by atomic mass is 35.5. The van der Waals surface area contributed by atoms with E-state index in [1.165, 1.54) is 0 Å². The van der Waals surface area contributed by atoms with Gasteiger partial charge >= 0.3 is 0 Å². The maximum atomic E-state index is 6.12. The second kappa shape index (κ2) is 6.29. The molecule has 0 aliphatic heterocycles. The lowest BCUT2D eigenvalue weighted by Crippen LogP contribution is -2.20. The van der Waals surface area contributed by atoms with Crippen molar-refractivity contribution in [2.24, 2.45) is 0 Å². The lowest BCUT2D eigenvalue weighted by atomic mass is 10.0. The van der Waals surface area contributed by atoms with Gasteiger partial charge in [-0.05, 0) is 32.5 Å². The zero-order valence-electron chi connectivity index (χ0n) is 12.3. The molecule has 1 aromatic carbocycles. The van der Waals surface area contributed by atoms with Crippen LogP contribution in [0.4, 0.5) is 0 Å². The highest BCUT2D eigenvalue weighted by Gasteiger charge is 2.17. The molecule has 0 bridgehead atoms. The third-order valence-electron chi connectivity index (χ3n) is 3.29. The molecule has 0 fully saturated rings. The van der Waals surface area contributed by atoms with Gasteiger partial charge in [0.1, 0.15) is 5.75 Å². The summed E-state index contributed by atoms with van der Waals surface area (Å²) in [4.78, 5) is 0. The largest absolute Gasteiger partial charge is 0.496 e. The highest BCUT2D eigenvalue weighted by Crippen LogP contribution is 2.31. The molecule has 1 atom stereocenters. The summed E-state index contributed by atoms with van der Waals surface area (Å²) in [6.45, 7) is 6.98. The summed E-state index contributed by atoms with van der Waals surface area (Å²) >= 11 is 6.12. The van der Waals surface area contributed by atoms with E-state index in [0.29, 0.717) is 5.02 Å². The maximum Gasteiger partial charge on any atom is 0.125 e. The number of benzene rings is 1. The van der Waals surface area contributed by atoms with Crippen molar-refractivity contribution in [2.75, 3.05) is 13.7 Å². The van der Waals surface area contributed by atoms with Crippen molar-refractivity contribution in [1.29, 1.82) is 0 Å². The molecular formula is C15H20ClN3O. The Kier molecular flexibility index (Phi) is 4.68. The fraction of sp³-hybridized carbons (Fsp3) is 0.400. The van der Waals surface area contributed by atoms with Crippen LogP contribution in [0.25, 0.3) is 5.69 Å². The Hall–Kier alpha value is -1.52. The van der Waals surface area contributed by atoms with E-state index < -0.39 is 0 Å². The van der Waals surface area contributed by atoms with Gasteiger partial charge in [0, 0.05) is 17.8 Å². The Labute approximate surface area is 124 Å². The number of hydrogen-bond acceptors (Lipinski definition) is 3. The second-order valence-electron chi connectivity index (χ2n) is 4.68. The first-order valence-corrected chi connectivity index (χ1v) is 7.08. The molecule has 0 amide bonds. The van der Waals surface area contributed by atoms with Gasteiger partial charge in [0.15, 0.2) is 0 Å². The van der Waals surface area contributed by atoms with Crippen LogP contribution in [0.3, 0.4) is 0 Å². The second-order valence-corrected chi connectivity index (χ2v) is 5.09. The summed E-state index contributed by atoms with van der Waals surface area (Å²) in [5.74, 6) is 0.847. The summed E-state index contributed by atoms with van der Waals surface area (Å²) in [5.41, 5.74) is 2.88. The third-order valence-corrected chi connectivity index (χ3v) is 3.66. The Balaban J connectivity index is 2.57. The average Bonchev–Trinajstić information content (AvgIpc) is 2.78. The molecule has 20 heavy (non-hydrogen) atoms. The lowest BCUT2D eigenvalue weighted by molar-refractivity contribution is 0.401. The van der Waals surface area contributed by atoms with Crippen molar-refractivity contribution in [2.45, 2.75) is 26.8 Å². The third kappa shape index (κ3) is 2.81. The Morgan fingerprint density at radius 3 is 2.75 bits per heavy atom. The van der Waals surface area contributed by atoms with Crippen LogP contribution in [0.1, 0.15) is 31.1 Å². The fourth-order valence-corrected chi connectivity index (χ4v) is 2.45. The number of aryl methyl sites for hydroxylation is 1. The van der Waals surface area contributed by atoms with Crippen LogP contribution in [0.5, 0.6) is 5.75 Å². The Bertz CT molecular complexity index is 575. The average molecular weight is 294 g/mol. The van der Waals surface area contributed by atoms with Gasteiger partial charge in [-0.3, -0.25) is 0 Å². The molecule has 1 heterocycles. The highest BCUT2D eigenvalue weighted by molar-refractivity contribution is 6.31. The fourth-order valence-electron chi connectivity index (χ4n) is 2.32. The van der Waals surface area contributed by atoms with Gasteiger partial charge in [-0.25, -0.2) is 4.68 Å². The summed E-state index contributed by atoms with van der Waals surface area (Å²) in [5, 5.41) is 8.54. The molecule has 0 saturated heterocycles. The topological polar surface area (TPSA) is 39.1 Å². The van der Waals surface area contributed by atoms with Crippen LogP contribution in [0.2, 0.25) is 5.02 Å². The molecule has 108 valence electrons. The van der Waals surface area contributed by atoms with Gasteiger partial charge < -0.3 is 10.1 Å². The van der Waals surface area contributed by atoms with Crippen LogP contribution in [-0.4, -0.2) is 23.4 Å². The van der Waals surface area contributed by atoms with Crippen LogP contribution in [0.15, 0.2) is 24.4 Å². The van der Waals surface area contributed by atoms with Crippen molar-refractivity contribution < 1.29 is 4.74 Å². The lowest BCUT2D eigenvalue weighted by Gasteiger charge is -2.20. The van der Waals surface area contributed by atoms with Gasteiger partial charge in [-0.2, -0.15) is 5.10 Å². The van der Waals surface area contributed by atoms with E-state index in [2.05, 4.69) is 24.3 Å². The molecule has 0 aliphatic rings. The number of nitrogens with zero attached hydrogens (tertiary/aromatic N) is 2. The van der Waals surface area contributed by atoms with Crippen LogP contribution in [0, 0.1) is 6.92 Å². The van der Waals surface area contributed by atoms with Crippen LogP contribution in [-0.2, 0) is 0 Å². The summed E-state index contributed by atoms with van der Waals surface area (Å²) in [6, 6.07) is 6.11. The molecule has 5 heteroatoms. The van der Waals surface area contributed by atoms with Gasteiger partial charge in [0.25, 0.3) is 0 Å². The molecule has 4 nitrogen and oxygen atoms in total. The molecule has 0 radical (unpaired) electrons. The number of halogens is 1. The van der Waals surface area contributed by atoms with E-state index in [0.717, 1.165) is 29.2 Å². The van der Waals surface area contributed by atoms with Crippen molar-refractivity contribution in [3.63, 3.8) is 0 Å². The first kappa shape index (κ1) is 14.9. The normalized spacial score (nSPS) is 12.4. The predicted octanol–water partition coefficient (Wildman–Crippen LogP) is 3.51. The predicted molar refractivity (Wildman–Crippen MR) is 82.0 cm³/mol. The molecule has 1 aromatic heterocycles. The van der Waals surface area contributed by atoms with E-state index in [1.54, 1.807) is 7.11 Å². The Morgan fingerprint density at radius 1 is 1.45 bits per heavy atom. The molecule has 0 saturated carbocycles. The minimum atomic E-state index is 0.162. The summed E-state index contributed by atoms with van der Waals surface area (Å²) in [7, 11) is 1.68. The molecular weight excluding hydrogens is 274 g/mol. The molecule has 1 unspecified atom stereocenters. The summed E-state index contributed by atoms with van der Waals surface area (Å²) in [6.07, 6.45) is 1.83. The molecule has 0 aliphatic carbocycles. The maximum absolute atomic E-state index is 6.12. The minimum absolute atomic E-state index is 0.162. The van der Waals surface area contributed by atoms with E-state index in [1.807, 2.05) is 36.0 Å². The Morgan fingerprint density at radius 2 is 2.20 bits per heavy atom. The van der Waals surface area contributed by atoms with Crippen molar-refractivity contribution in [3.05, 3.63) is 40.7 Å². The van der Waals surface area contributed by atoms with Gasteiger partial charge in [0.2, 0.25) is 0 Å². The van der Waals surface area contributed by atoms with E-state index in [4.69, 9.17) is 16.3 Å². The van der Waals surface area contributed by atoms with Gasteiger partial charge in [-0.1, -0.05) is 24.6 Å². The zero-order chi connectivity index (χ0) is 14.7. The van der Waals surface area contributed by atoms with E-state index in [9.17, 15) is 0 Å². The first-order valence-electron chi connectivity index (χ1n) is 6.70. The summed E-state index contributed by atoms with van der Waals surface area (Å²) < 4.78 is 7.31. The van der Waals surface area contributed by atoms with E-state index >= 15 is 0 Å². The van der Waals surface area contributed by atoms with Gasteiger partial charge in [-0.15, -0.1) is 0 Å². The molecule has 2 aromatic rings. The number of ether oxygens (including phenoxy) is 1. The standard InChI is InChI=1S/C15H20ClN3O/c1-5-17-11(3)15-13(7-6-8-14(15)20-4)19-9-12(16)10(2)18-19/h6-9,11,17H,5H2,1-4H3. The van der Waals surface area contributed by atoms with Crippen molar-refractivity contribution in [1.82, 2.24) is 15.1 Å². The number of methoxy groups -OCH3 is 1. The SMILES string of the molecule is CCNC(C)c1c(OC)cccc1-n1cc(Cl)c(C)n1.